The van der Waals surface area contributed by atoms with Crippen molar-refractivity contribution in [2.75, 3.05) is 6.61 Å². The summed E-state index contributed by atoms with van der Waals surface area (Å²) in [5.74, 6) is 0. The Kier molecular flexibility index (Phi) is 7.23. The fourth-order valence-corrected chi connectivity index (χ4v) is 2.87. The van der Waals surface area contributed by atoms with Gasteiger partial charge in [0.2, 0.25) is 0 Å². The third-order valence-electron chi connectivity index (χ3n) is 3.57. The van der Waals surface area contributed by atoms with Crippen LogP contribution in [0.3, 0.4) is 0 Å². The highest BCUT2D eigenvalue weighted by Gasteiger charge is 2.15. The van der Waals surface area contributed by atoms with Crippen molar-refractivity contribution in [3.05, 3.63) is 52.5 Å². The van der Waals surface area contributed by atoms with Crippen LogP contribution < -0.4 is 0 Å². The van der Waals surface area contributed by atoms with E-state index in [2.05, 4.69) is 16.5 Å². The zero-order chi connectivity index (χ0) is 15.8. The summed E-state index contributed by atoms with van der Waals surface area (Å²) >= 11 is 12.3. The third kappa shape index (κ3) is 5.31. The van der Waals surface area contributed by atoms with E-state index < -0.39 is 0 Å². The molecule has 0 amide bonds. The minimum absolute atomic E-state index is 0.0137. The van der Waals surface area contributed by atoms with Crippen LogP contribution in [0.1, 0.15) is 44.3 Å². The van der Waals surface area contributed by atoms with Gasteiger partial charge in [-0.25, -0.2) is 4.98 Å². The molecule has 2 aromatic rings. The summed E-state index contributed by atoms with van der Waals surface area (Å²) in [5.41, 5.74) is 1.02. The molecule has 3 nitrogen and oxygen atoms in total. The van der Waals surface area contributed by atoms with Crippen LogP contribution in [0.15, 0.2) is 36.9 Å². The second-order valence-corrected chi connectivity index (χ2v) is 6.17. The number of unbranched alkanes of at least 4 members (excludes halogenated alkanes) is 1. The molecule has 1 unspecified atom stereocenters. The van der Waals surface area contributed by atoms with E-state index in [4.69, 9.17) is 27.9 Å². The van der Waals surface area contributed by atoms with Gasteiger partial charge in [-0.2, -0.15) is 0 Å². The highest BCUT2D eigenvalue weighted by Crippen LogP contribution is 2.31. The van der Waals surface area contributed by atoms with Crippen molar-refractivity contribution < 1.29 is 4.74 Å². The molecule has 0 spiro atoms. The van der Waals surface area contributed by atoms with E-state index in [9.17, 15) is 0 Å². The molecule has 0 radical (unpaired) electrons. The van der Waals surface area contributed by atoms with Crippen molar-refractivity contribution in [3.8, 4) is 0 Å². The van der Waals surface area contributed by atoms with Crippen molar-refractivity contribution in [1.29, 1.82) is 0 Å². The van der Waals surface area contributed by atoms with Crippen LogP contribution in [0, 0.1) is 0 Å². The Bertz CT molecular complexity index is 558. The van der Waals surface area contributed by atoms with Crippen molar-refractivity contribution >= 4 is 23.2 Å². The standard InChI is InChI=1S/C17H22Cl2N2O/c1-2-3-11-22-17(5-4-9-21-10-8-20-13-21)15-7-6-14(18)12-16(15)19/h6-8,10,12-13,17H,2-5,9,11H2,1H3. The molecule has 0 bridgehead atoms. The Morgan fingerprint density at radius 2 is 2.14 bits per heavy atom. The highest BCUT2D eigenvalue weighted by atomic mass is 35.5. The summed E-state index contributed by atoms with van der Waals surface area (Å²) in [6.45, 7) is 3.84. The molecule has 5 heteroatoms. The number of nitrogens with zero attached hydrogens (tertiary/aromatic N) is 2. The van der Waals surface area contributed by atoms with E-state index in [-0.39, 0.29) is 6.10 Å². The van der Waals surface area contributed by atoms with Gasteiger partial charge in [0.15, 0.2) is 0 Å². The first-order valence-electron chi connectivity index (χ1n) is 7.73. The number of benzene rings is 1. The number of halogens is 2. The first-order chi connectivity index (χ1) is 10.7. The van der Waals surface area contributed by atoms with E-state index in [1.807, 2.05) is 24.7 Å². The maximum atomic E-state index is 6.34. The summed E-state index contributed by atoms with van der Waals surface area (Å²) in [7, 11) is 0. The number of aryl methyl sites for hydroxylation is 1. The fraction of sp³-hybridized carbons (Fsp3) is 0.471. The lowest BCUT2D eigenvalue weighted by molar-refractivity contribution is 0.0427. The molecule has 1 atom stereocenters. The lowest BCUT2D eigenvalue weighted by Crippen LogP contribution is -2.08. The molecule has 0 N–H and O–H groups in total. The van der Waals surface area contributed by atoms with Gasteiger partial charge in [0.25, 0.3) is 0 Å². The maximum absolute atomic E-state index is 6.34. The average Bonchev–Trinajstić information content (AvgIpc) is 2.99. The predicted molar refractivity (Wildman–Crippen MR) is 91.5 cm³/mol. The quantitative estimate of drug-likeness (QED) is 0.561. The van der Waals surface area contributed by atoms with Crippen molar-refractivity contribution in [2.24, 2.45) is 0 Å². The number of hydrogen-bond acceptors (Lipinski definition) is 2. The minimum atomic E-state index is 0.0137. The zero-order valence-electron chi connectivity index (χ0n) is 12.8. The topological polar surface area (TPSA) is 27.1 Å². The van der Waals surface area contributed by atoms with Crippen LogP contribution in [0.25, 0.3) is 0 Å². The van der Waals surface area contributed by atoms with E-state index >= 15 is 0 Å². The summed E-state index contributed by atoms with van der Waals surface area (Å²) in [5, 5.41) is 1.33. The van der Waals surface area contributed by atoms with Gasteiger partial charge in [0, 0.05) is 35.6 Å². The molecular formula is C17H22Cl2N2O. The Labute approximate surface area is 142 Å². The molecule has 0 aliphatic carbocycles. The molecule has 0 fully saturated rings. The fourth-order valence-electron chi connectivity index (χ4n) is 2.34. The first-order valence-corrected chi connectivity index (χ1v) is 8.48. The lowest BCUT2D eigenvalue weighted by atomic mass is 10.0. The van der Waals surface area contributed by atoms with Crippen molar-refractivity contribution in [2.45, 2.75) is 45.3 Å². The summed E-state index contributed by atoms with van der Waals surface area (Å²) in [6, 6.07) is 5.62. The molecule has 0 saturated carbocycles. The molecule has 1 aromatic carbocycles. The molecule has 22 heavy (non-hydrogen) atoms. The van der Waals surface area contributed by atoms with E-state index in [1.54, 1.807) is 12.3 Å². The molecule has 0 aliphatic heterocycles. The van der Waals surface area contributed by atoms with Gasteiger partial charge in [-0.1, -0.05) is 42.6 Å². The lowest BCUT2D eigenvalue weighted by Gasteiger charge is -2.20. The highest BCUT2D eigenvalue weighted by molar-refractivity contribution is 6.35. The Morgan fingerprint density at radius 1 is 1.27 bits per heavy atom. The molecule has 1 aromatic heterocycles. The summed E-state index contributed by atoms with van der Waals surface area (Å²) < 4.78 is 8.13. The number of ether oxygens (including phenoxy) is 1. The second-order valence-electron chi connectivity index (χ2n) is 5.32. The Morgan fingerprint density at radius 3 is 2.82 bits per heavy atom. The maximum Gasteiger partial charge on any atom is 0.0945 e. The van der Waals surface area contributed by atoms with Gasteiger partial charge in [-0.15, -0.1) is 0 Å². The van der Waals surface area contributed by atoms with Gasteiger partial charge in [0.1, 0.15) is 0 Å². The van der Waals surface area contributed by atoms with Gasteiger partial charge >= 0.3 is 0 Å². The summed E-state index contributed by atoms with van der Waals surface area (Å²) in [6.07, 6.45) is 9.73. The van der Waals surface area contributed by atoms with Crippen LogP contribution >= 0.6 is 23.2 Å². The van der Waals surface area contributed by atoms with Crippen LogP contribution in [0.5, 0.6) is 0 Å². The summed E-state index contributed by atoms with van der Waals surface area (Å²) in [4.78, 5) is 4.06. The number of imidazole rings is 1. The third-order valence-corrected chi connectivity index (χ3v) is 4.13. The van der Waals surface area contributed by atoms with Crippen molar-refractivity contribution in [3.63, 3.8) is 0 Å². The van der Waals surface area contributed by atoms with Gasteiger partial charge in [-0.3, -0.25) is 0 Å². The zero-order valence-corrected chi connectivity index (χ0v) is 14.4. The van der Waals surface area contributed by atoms with Crippen LogP contribution in [-0.2, 0) is 11.3 Å². The molecule has 1 heterocycles. The number of hydrogen-bond donors (Lipinski definition) is 0. The van der Waals surface area contributed by atoms with E-state index in [1.165, 1.54) is 0 Å². The minimum Gasteiger partial charge on any atom is -0.373 e. The first kappa shape index (κ1) is 17.3. The van der Waals surface area contributed by atoms with E-state index in [0.717, 1.165) is 44.4 Å². The van der Waals surface area contributed by atoms with E-state index in [0.29, 0.717) is 10.0 Å². The number of rotatable bonds is 9. The van der Waals surface area contributed by atoms with Gasteiger partial charge < -0.3 is 9.30 Å². The molecule has 0 saturated heterocycles. The van der Waals surface area contributed by atoms with Crippen LogP contribution in [0.4, 0.5) is 0 Å². The average molecular weight is 341 g/mol. The molecule has 2 rings (SSSR count). The molecule has 0 aliphatic rings. The normalized spacial score (nSPS) is 12.5. The molecular weight excluding hydrogens is 319 g/mol. The van der Waals surface area contributed by atoms with Gasteiger partial charge in [-0.05, 0) is 37.0 Å². The largest absolute Gasteiger partial charge is 0.373 e. The smallest absolute Gasteiger partial charge is 0.0945 e. The Hall–Kier alpha value is -1.03. The second kappa shape index (κ2) is 9.19. The monoisotopic (exact) mass is 340 g/mol. The van der Waals surface area contributed by atoms with Crippen LogP contribution in [0.2, 0.25) is 10.0 Å². The van der Waals surface area contributed by atoms with Gasteiger partial charge in [0.05, 0.1) is 12.4 Å². The Balaban J connectivity index is 1.98. The number of aromatic nitrogens is 2. The van der Waals surface area contributed by atoms with Crippen molar-refractivity contribution in [1.82, 2.24) is 9.55 Å². The van der Waals surface area contributed by atoms with Crippen LogP contribution in [-0.4, -0.2) is 16.2 Å². The predicted octanol–water partition coefficient (Wildman–Crippen LogP) is 5.53. The SMILES string of the molecule is CCCCOC(CCCn1ccnc1)c1ccc(Cl)cc1Cl. The molecule has 120 valence electrons.